The maximum Gasteiger partial charge on any atom is 0.287 e. The van der Waals surface area contributed by atoms with Crippen LogP contribution in [0.3, 0.4) is 0 Å². The van der Waals surface area contributed by atoms with Crippen LogP contribution in [0.1, 0.15) is 0 Å². The zero-order valence-corrected chi connectivity index (χ0v) is 12.9. The Kier molecular flexibility index (Phi) is 6.48. The van der Waals surface area contributed by atoms with Crippen LogP contribution in [0.5, 0.6) is 0 Å². The van der Waals surface area contributed by atoms with Crippen LogP contribution in [0, 0.1) is 20.2 Å². The molecule has 0 fully saturated rings. The topological polar surface area (TPSA) is 103 Å². The summed E-state index contributed by atoms with van der Waals surface area (Å²) < 4.78 is 0. The van der Waals surface area contributed by atoms with E-state index in [-0.39, 0.29) is 21.4 Å². The first-order valence-electron chi connectivity index (χ1n) is 5.54. The second-order valence-electron chi connectivity index (χ2n) is 3.80. The summed E-state index contributed by atoms with van der Waals surface area (Å²) in [6.07, 6.45) is 2.09. The van der Waals surface area contributed by atoms with Crippen LogP contribution in [0.2, 0.25) is 5.02 Å². The highest BCUT2D eigenvalue weighted by Gasteiger charge is 2.29. The molecule has 0 spiro atoms. The molecule has 0 bridgehead atoms. The number of para-hydroxylation sites is 1. The van der Waals surface area contributed by atoms with Crippen LogP contribution in [0.4, 0.5) is 5.69 Å². The summed E-state index contributed by atoms with van der Waals surface area (Å²) in [5.41, 5.74) is -0.375. The van der Waals surface area contributed by atoms with E-state index in [1.807, 2.05) is 0 Å². The number of rotatable bonds is 2. The summed E-state index contributed by atoms with van der Waals surface area (Å²) >= 11 is 16.4. The van der Waals surface area contributed by atoms with E-state index in [1.54, 1.807) is 12.1 Å². The van der Waals surface area contributed by atoms with Gasteiger partial charge in [0.15, 0.2) is 5.78 Å². The summed E-state index contributed by atoms with van der Waals surface area (Å²) in [5.74, 6) is -0.438. The van der Waals surface area contributed by atoms with Crippen molar-refractivity contribution >= 4 is 46.3 Å². The predicted molar refractivity (Wildman–Crippen MR) is 81.8 cm³/mol. The molecule has 10 heteroatoms. The van der Waals surface area contributed by atoms with Gasteiger partial charge in [0.25, 0.3) is 11.4 Å². The number of carbonyl (C=O) groups excluding carboxylic acids is 1. The van der Waals surface area contributed by atoms with Gasteiger partial charge in [-0.1, -0.05) is 35.3 Å². The number of alkyl halides is 1. The minimum absolute atomic E-state index is 0.0517. The van der Waals surface area contributed by atoms with E-state index in [0.717, 1.165) is 12.2 Å². The number of halogens is 3. The molecule has 22 heavy (non-hydrogen) atoms. The number of nitrogens with zero attached hydrogens (tertiary/aromatic N) is 2. The maximum absolute atomic E-state index is 10.8. The van der Waals surface area contributed by atoms with Crippen LogP contribution in [0.15, 0.2) is 47.1 Å². The summed E-state index contributed by atoms with van der Waals surface area (Å²) in [6.45, 7) is 0. The van der Waals surface area contributed by atoms with Crippen LogP contribution < -0.4 is 0 Å². The van der Waals surface area contributed by atoms with Gasteiger partial charge in [-0.15, -0.1) is 11.6 Å². The highest BCUT2D eigenvalue weighted by atomic mass is 35.5. The Morgan fingerprint density at radius 1 is 1.00 bits per heavy atom. The van der Waals surface area contributed by atoms with Gasteiger partial charge in [0.05, 0.1) is 9.85 Å². The number of nitro groups is 2. The minimum atomic E-state index is -1.11. The maximum atomic E-state index is 10.8. The van der Waals surface area contributed by atoms with E-state index >= 15 is 0 Å². The molecule has 0 amide bonds. The van der Waals surface area contributed by atoms with Crippen molar-refractivity contribution in [2.75, 3.05) is 0 Å². The zero-order valence-electron chi connectivity index (χ0n) is 10.6. The average molecular weight is 366 g/mol. The van der Waals surface area contributed by atoms with E-state index in [2.05, 4.69) is 0 Å². The van der Waals surface area contributed by atoms with Gasteiger partial charge in [-0.25, -0.2) is 0 Å². The fourth-order valence-corrected chi connectivity index (χ4v) is 1.96. The molecule has 0 saturated heterocycles. The van der Waals surface area contributed by atoms with E-state index < -0.39 is 21.0 Å². The van der Waals surface area contributed by atoms with Gasteiger partial charge < -0.3 is 0 Å². The smallest absolute Gasteiger partial charge is 0.287 e. The number of ketones is 1. The van der Waals surface area contributed by atoms with Gasteiger partial charge in [0, 0.05) is 12.1 Å². The lowest BCUT2D eigenvalue weighted by Gasteiger charge is -2.07. The molecule has 116 valence electrons. The molecule has 0 saturated carbocycles. The molecule has 1 aromatic carbocycles. The Morgan fingerprint density at radius 2 is 1.59 bits per heavy atom. The van der Waals surface area contributed by atoms with Gasteiger partial charge >= 0.3 is 0 Å². The SMILES string of the molecule is O=C1C=CC([N+](=O)[O-])=C(Cl)C1Cl.O=[N+]([O-])c1ccccc1Cl. The van der Waals surface area contributed by atoms with Crippen LogP contribution in [-0.4, -0.2) is 21.0 Å². The molecule has 7 nitrogen and oxygen atoms in total. The standard InChI is InChI=1S/C6H3Cl2NO3.C6H4ClNO2/c7-5-3(9(11)12)1-2-4(10)6(5)8;7-5-3-1-2-4-6(5)8(9)10/h1-2,6H;1-4H. The predicted octanol–water partition coefficient (Wildman–Crippen LogP) is 3.71. The van der Waals surface area contributed by atoms with Gasteiger partial charge in [0.2, 0.25) is 0 Å². The zero-order chi connectivity index (χ0) is 16.9. The lowest BCUT2D eigenvalue weighted by Crippen LogP contribution is -2.19. The molecule has 1 aliphatic carbocycles. The first-order valence-corrected chi connectivity index (χ1v) is 6.74. The third-order valence-electron chi connectivity index (χ3n) is 2.37. The summed E-state index contributed by atoms with van der Waals surface area (Å²) in [6, 6.07) is 6.07. The second kappa shape index (κ2) is 7.88. The molecule has 0 radical (unpaired) electrons. The van der Waals surface area contributed by atoms with Crippen LogP contribution >= 0.6 is 34.8 Å². The van der Waals surface area contributed by atoms with Crippen molar-refractivity contribution in [3.05, 3.63) is 72.4 Å². The first kappa shape index (κ1) is 18.1. The lowest BCUT2D eigenvalue weighted by atomic mass is 10.1. The van der Waals surface area contributed by atoms with Crippen molar-refractivity contribution in [3.8, 4) is 0 Å². The molecule has 0 aromatic heterocycles. The highest BCUT2D eigenvalue weighted by molar-refractivity contribution is 6.45. The Hall–Kier alpha value is -1.96. The third kappa shape index (κ3) is 4.52. The van der Waals surface area contributed by atoms with Crippen LogP contribution in [-0.2, 0) is 4.79 Å². The molecule has 0 heterocycles. The second-order valence-corrected chi connectivity index (χ2v) is 5.05. The molecule has 0 N–H and O–H groups in total. The van der Waals surface area contributed by atoms with Gasteiger partial charge in [0.1, 0.15) is 15.4 Å². The van der Waals surface area contributed by atoms with E-state index in [9.17, 15) is 25.0 Å². The summed E-state index contributed by atoms with van der Waals surface area (Å²) in [7, 11) is 0. The summed E-state index contributed by atoms with van der Waals surface area (Å²) in [4.78, 5) is 30.0. The monoisotopic (exact) mass is 364 g/mol. The van der Waals surface area contributed by atoms with Crippen molar-refractivity contribution in [1.82, 2.24) is 0 Å². The Balaban J connectivity index is 0.000000224. The molecular formula is C12H7Cl3N2O5. The Labute approximate surface area is 139 Å². The number of carbonyl (C=O) groups is 1. The van der Waals surface area contributed by atoms with Gasteiger partial charge in [-0.2, -0.15) is 0 Å². The van der Waals surface area contributed by atoms with Gasteiger partial charge in [-0.3, -0.25) is 25.0 Å². The van der Waals surface area contributed by atoms with E-state index in [1.165, 1.54) is 12.1 Å². The Morgan fingerprint density at radius 3 is 2.05 bits per heavy atom. The fraction of sp³-hybridized carbons (Fsp3) is 0.0833. The highest BCUT2D eigenvalue weighted by Crippen LogP contribution is 2.25. The molecule has 0 aliphatic heterocycles. The Bertz CT molecular complexity index is 687. The van der Waals surface area contributed by atoms with Crippen LogP contribution in [0.25, 0.3) is 0 Å². The number of hydrogen-bond acceptors (Lipinski definition) is 5. The van der Waals surface area contributed by atoms with Crippen molar-refractivity contribution in [2.45, 2.75) is 5.38 Å². The quantitative estimate of drug-likeness (QED) is 0.451. The van der Waals surface area contributed by atoms with Crippen molar-refractivity contribution in [1.29, 1.82) is 0 Å². The minimum Gasteiger partial charge on any atom is -0.293 e. The molecule has 1 atom stereocenters. The third-order valence-corrected chi connectivity index (χ3v) is 3.64. The molecule has 1 unspecified atom stereocenters. The molecule has 1 aromatic rings. The van der Waals surface area contributed by atoms with Crippen molar-refractivity contribution < 1.29 is 14.6 Å². The van der Waals surface area contributed by atoms with Gasteiger partial charge in [-0.05, 0) is 12.1 Å². The van der Waals surface area contributed by atoms with E-state index in [4.69, 9.17) is 34.8 Å². The fourth-order valence-electron chi connectivity index (χ4n) is 1.33. The molecular weight excluding hydrogens is 359 g/mol. The average Bonchev–Trinajstić information content (AvgIpc) is 2.45. The van der Waals surface area contributed by atoms with Crippen molar-refractivity contribution in [3.63, 3.8) is 0 Å². The molecule has 2 rings (SSSR count). The number of allylic oxidation sites excluding steroid dienone is 3. The largest absolute Gasteiger partial charge is 0.293 e. The number of nitro benzene ring substituents is 1. The summed E-state index contributed by atoms with van der Waals surface area (Å²) in [5, 5.41) is 19.2. The number of benzene rings is 1. The first-order chi connectivity index (χ1) is 10.3. The van der Waals surface area contributed by atoms with E-state index in [0.29, 0.717) is 0 Å². The lowest BCUT2D eigenvalue weighted by molar-refractivity contribution is -0.419. The normalized spacial score (nSPS) is 16.9. The number of hydrogen-bond donors (Lipinski definition) is 0. The molecule has 1 aliphatic rings. The van der Waals surface area contributed by atoms with Crippen molar-refractivity contribution in [2.24, 2.45) is 0 Å².